The molecule has 5 rings (SSSR count). The first-order valence-corrected chi connectivity index (χ1v) is 14.0. The third kappa shape index (κ3) is 7.47. The Kier molecular flexibility index (Phi) is 9.44. The fraction of sp³-hybridized carbons (Fsp3) is 0.375. The zero-order valence-electron chi connectivity index (χ0n) is 22.9. The van der Waals surface area contributed by atoms with Crippen molar-refractivity contribution in [3.8, 4) is 5.75 Å². The highest BCUT2D eigenvalue weighted by Gasteiger charge is 2.21. The number of likely N-dealkylation sites (tertiary alicyclic amines) is 1. The summed E-state index contributed by atoms with van der Waals surface area (Å²) in [5, 5.41) is 5.28. The molecule has 0 radical (unpaired) electrons. The van der Waals surface area contributed by atoms with Gasteiger partial charge in [-0.15, -0.1) is 0 Å². The van der Waals surface area contributed by atoms with Gasteiger partial charge in [-0.2, -0.15) is 0 Å². The number of piperidine rings is 1. The molecule has 1 unspecified atom stereocenters. The van der Waals surface area contributed by atoms with Crippen LogP contribution < -0.4 is 15.5 Å². The summed E-state index contributed by atoms with van der Waals surface area (Å²) >= 11 is 0. The molecule has 8 heteroatoms. The molecular formula is C32H37N3O5. The number of benzene rings is 3. The fourth-order valence-corrected chi connectivity index (χ4v) is 5.00. The van der Waals surface area contributed by atoms with E-state index in [0.717, 1.165) is 67.3 Å². The summed E-state index contributed by atoms with van der Waals surface area (Å²) in [6, 6.07) is 21.1. The highest BCUT2D eigenvalue weighted by atomic mass is 16.8. The van der Waals surface area contributed by atoms with Crippen molar-refractivity contribution in [2.24, 2.45) is 0 Å². The van der Waals surface area contributed by atoms with Crippen LogP contribution in [-0.4, -0.2) is 62.4 Å². The van der Waals surface area contributed by atoms with Crippen LogP contribution in [0.3, 0.4) is 0 Å². The number of hydrogen-bond donors (Lipinski definition) is 2. The smallest absolute Gasteiger partial charge is 0.274 e. The summed E-state index contributed by atoms with van der Waals surface area (Å²) in [5.74, 6) is 0.242. The summed E-state index contributed by atoms with van der Waals surface area (Å²) in [5.41, 5.74) is 4.25. The topological polar surface area (TPSA) is 89.1 Å². The van der Waals surface area contributed by atoms with Crippen molar-refractivity contribution in [2.45, 2.75) is 44.4 Å². The molecule has 0 aromatic heterocycles. The summed E-state index contributed by atoms with van der Waals surface area (Å²) in [6.07, 6.45) is 6.02. The van der Waals surface area contributed by atoms with Gasteiger partial charge in [-0.25, -0.2) is 10.3 Å². The lowest BCUT2D eigenvalue weighted by atomic mass is 10.0. The molecule has 40 heavy (non-hydrogen) atoms. The normalized spacial score (nSPS) is 18.8. The summed E-state index contributed by atoms with van der Waals surface area (Å²) in [4.78, 5) is 33.6. The van der Waals surface area contributed by atoms with E-state index < -0.39 is 6.29 Å². The molecule has 2 fully saturated rings. The lowest BCUT2D eigenvalue weighted by Crippen LogP contribution is -2.44. The van der Waals surface area contributed by atoms with Crippen molar-refractivity contribution < 1.29 is 23.9 Å². The number of hydroxylamine groups is 1. The van der Waals surface area contributed by atoms with E-state index in [2.05, 4.69) is 22.7 Å². The number of ether oxygens (including phenoxy) is 2. The first-order chi connectivity index (χ1) is 19.5. The van der Waals surface area contributed by atoms with Gasteiger partial charge in [-0.05, 0) is 81.0 Å². The molecule has 2 N–H and O–H groups in total. The van der Waals surface area contributed by atoms with Crippen LogP contribution in [0, 0.1) is 0 Å². The van der Waals surface area contributed by atoms with Crippen LogP contribution in [0.5, 0.6) is 5.75 Å². The van der Waals surface area contributed by atoms with E-state index in [9.17, 15) is 9.59 Å². The average molecular weight is 544 g/mol. The van der Waals surface area contributed by atoms with E-state index in [1.54, 1.807) is 12.1 Å². The molecule has 8 nitrogen and oxygen atoms in total. The first-order valence-electron chi connectivity index (χ1n) is 14.0. The molecular weight excluding hydrogens is 506 g/mol. The highest BCUT2D eigenvalue weighted by Crippen LogP contribution is 2.26. The van der Waals surface area contributed by atoms with Crippen LogP contribution in [0.2, 0.25) is 0 Å². The van der Waals surface area contributed by atoms with Crippen molar-refractivity contribution in [3.05, 3.63) is 83.4 Å². The highest BCUT2D eigenvalue weighted by molar-refractivity contribution is 5.99. The monoisotopic (exact) mass is 543 g/mol. The second kappa shape index (κ2) is 13.6. The van der Waals surface area contributed by atoms with Gasteiger partial charge in [0.15, 0.2) is 6.29 Å². The van der Waals surface area contributed by atoms with E-state index in [4.69, 9.17) is 14.3 Å². The van der Waals surface area contributed by atoms with Crippen LogP contribution in [0.4, 0.5) is 0 Å². The lowest BCUT2D eigenvalue weighted by Gasteiger charge is -2.29. The van der Waals surface area contributed by atoms with Gasteiger partial charge >= 0.3 is 0 Å². The molecule has 0 saturated carbocycles. The maximum Gasteiger partial charge on any atom is 0.274 e. The van der Waals surface area contributed by atoms with Crippen LogP contribution in [-0.2, 0) is 14.4 Å². The van der Waals surface area contributed by atoms with E-state index in [1.807, 2.05) is 60.7 Å². The second-order valence-electron chi connectivity index (χ2n) is 10.5. The molecule has 2 aliphatic heterocycles. The molecule has 1 atom stereocenters. The number of fused-ring (bicyclic) bond motifs is 1. The zero-order valence-corrected chi connectivity index (χ0v) is 22.9. The lowest BCUT2D eigenvalue weighted by molar-refractivity contribution is -0.186. The number of amides is 2. The maximum atomic E-state index is 13.4. The Morgan fingerprint density at radius 2 is 1.75 bits per heavy atom. The first kappa shape index (κ1) is 27.8. The number of nitrogens with one attached hydrogen (secondary N) is 2. The SMILES string of the molecule is CN1CCC(NC(=O)C(=Cc2ccc(C(=O)NOC3CCCCO3)cc2)COc2cccc3ccccc23)CC1. The number of carbonyl (C=O) groups is 2. The Labute approximate surface area is 235 Å². The Hall–Kier alpha value is -3.72. The van der Waals surface area contributed by atoms with Gasteiger partial charge in [-0.1, -0.05) is 48.5 Å². The van der Waals surface area contributed by atoms with E-state index in [-0.39, 0.29) is 24.5 Å². The Bertz CT molecular complexity index is 1320. The van der Waals surface area contributed by atoms with Crippen LogP contribution in [0.25, 0.3) is 16.8 Å². The van der Waals surface area contributed by atoms with Crippen molar-refractivity contribution in [2.75, 3.05) is 33.4 Å². The van der Waals surface area contributed by atoms with Crippen molar-refractivity contribution in [3.63, 3.8) is 0 Å². The molecule has 3 aromatic carbocycles. The number of nitrogens with zero attached hydrogens (tertiary/aromatic N) is 1. The Morgan fingerprint density at radius 1 is 0.975 bits per heavy atom. The van der Waals surface area contributed by atoms with Crippen LogP contribution in [0.1, 0.15) is 48.0 Å². The third-order valence-corrected chi connectivity index (χ3v) is 7.41. The molecule has 0 aliphatic carbocycles. The van der Waals surface area contributed by atoms with Gasteiger partial charge in [0, 0.05) is 30.0 Å². The number of carbonyl (C=O) groups excluding carboxylic acids is 2. The quantitative estimate of drug-likeness (QED) is 0.301. The Morgan fingerprint density at radius 3 is 2.52 bits per heavy atom. The van der Waals surface area contributed by atoms with Gasteiger partial charge < -0.3 is 19.7 Å². The van der Waals surface area contributed by atoms with E-state index in [0.29, 0.717) is 17.7 Å². The van der Waals surface area contributed by atoms with Gasteiger partial charge in [0.05, 0.1) is 5.57 Å². The summed E-state index contributed by atoms with van der Waals surface area (Å²) < 4.78 is 11.7. The zero-order chi connectivity index (χ0) is 27.7. The minimum atomic E-state index is -0.410. The summed E-state index contributed by atoms with van der Waals surface area (Å²) in [7, 11) is 2.10. The predicted molar refractivity (Wildman–Crippen MR) is 155 cm³/mol. The van der Waals surface area contributed by atoms with Gasteiger partial charge in [0.1, 0.15) is 12.4 Å². The molecule has 0 spiro atoms. The van der Waals surface area contributed by atoms with E-state index in [1.165, 1.54) is 0 Å². The van der Waals surface area contributed by atoms with E-state index >= 15 is 0 Å². The minimum Gasteiger partial charge on any atom is -0.488 e. The largest absolute Gasteiger partial charge is 0.488 e. The molecule has 210 valence electrons. The maximum absolute atomic E-state index is 13.4. The van der Waals surface area contributed by atoms with Gasteiger partial charge in [-0.3, -0.25) is 9.59 Å². The number of rotatable bonds is 9. The van der Waals surface area contributed by atoms with Gasteiger partial charge in [0.2, 0.25) is 0 Å². The molecule has 2 saturated heterocycles. The predicted octanol–water partition coefficient (Wildman–Crippen LogP) is 4.70. The molecule has 0 bridgehead atoms. The fourth-order valence-electron chi connectivity index (χ4n) is 5.00. The molecule has 2 amide bonds. The summed E-state index contributed by atoms with van der Waals surface area (Å²) in [6.45, 7) is 2.66. The standard InChI is InChI=1S/C32H37N3O5/c1-35-18-16-27(17-19-35)33-31(36)26(22-39-29-10-6-8-24-7-2-3-9-28(24)29)21-23-12-14-25(15-13-23)32(37)34-40-30-11-4-5-20-38-30/h2-3,6-10,12-15,21,27,30H,4-5,11,16-20,22H2,1H3,(H,33,36)(H,34,37). The minimum absolute atomic E-state index is 0.115. The van der Waals surface area contributed by atoms with Crippen LogP contribution in [0.15, 0.2) is 72.3 Å². The van der Waals surface area contributed by atoms with Crippen molar-refractivity contribution >= 4 is 28.7 Å². The molecule has 2 heterocycles. The Balaban J connectivity index is 1.29. The van der Waals surface area contributed by atoms with Crippen LogP contribution >= 0.6 is 0 Å². The average Bonchev–Trinajstić information content (AvgIpc) is 3.00. The molecule has 2 aliphatic rings. The third-order valence-electron chi connectivity index (χ3n) is 7.41. The number of hydrogen-bond acceptors (Lipinski definition) is 6. The van der Waals surface area contributed by atoms with Crippen molar-refractivity contribution in [1.82, 2.24) is 15.7 Å². The molecule has 3 aromatic rings. The van der Waals surface area contributed by atoms with Crippen molar-refractivity contribution in [1.29, 1.82) is 0 Å². The second-order valence-corrected chi connectivity index (χ2v) is 10.5. The van der Waals surface area contributed by atoms with Gasteiger partial charge in [0.25, 0.3) is 11.8 Å².